The molecule has 1 heterocycles. The number of carbonyl (C=O) groups is 1. The molecule has 1 aromatic heterocycles. The second-order valence-electron chi connectivity index (χ2n) is 2.34. The highest BCUT2D eigenvalue weighted by Crippen LogP contribution is 2.21. The van der Waals surface area contributed by atoms with Crippen LogP contribution in [0.4, 0.5) is 0 Å². The molecule has 12 heavy (non-hydrogen) atoms. The number of aryl methyl sites for hydroxylation is 1. The van der Waals surface area contributed by atoms with Crippen molar-refractivity contribution in [2.75, 3.05) is 0 Å². The van der Waals surface area contributed by atoms with E-state index >= 15 is 0 Å². The van der Waals surface area contributed by atoms with Crippen LogP contribution in [-0.4, -0.2) is 11.0 Å². The highest BCUT2D eigenvalue weighted by molar-refractivity contribution is 6.30. The van der Waals surface area contributed by atoms with Gasteiger partial charge in [-0.25, -0.2) is 4.98 Å². The third kappa shape index (κ3) is 2.20. The van der Waals surface area contributed by atoms with E-state index in [1.807, 2.05) is 6.92 Å². The molecule has 0 aromatic carbocycles. The van der Waals surface area contributed by atoms with Gasteiger partial charge in [-0.3, -0.25) is 4.79 Å². The smallest absolute Gasteiger partial charge is 0.308 e. The Bertz CT molecular complexity index is 312. The number of aromatic nitrogens is 1. The van der Waals surface area contributed by atoms with Crippen LogP contribution in [0.15, 0.2) is 12.1 Å². The van der Waals surface area contributed by atoms with Gasteiger partial charge in [0.15, 0.2) is 10.9 Å². The minimum atomic E-state index is -0.400. The van der Waals surface area contributed by atoms with E-state index < -0.39 is 5.97 Å². The van der Waals surface area contributed by atoms with Gasteiger partial charge in [0, 0.05) is 12.6 Å². The summed E-state index contributed by atoms with van der Waals surface area (Å²) in [6, 6.07) is 3.34. The van der Waals surface area contributed by atoms with Gasteiger partial charge in [-0.1, -0.05) is 11.6 Å². The standard InChI is InChI=1S/C8H8ClNO2/c1-5-3-4-7(8(9)10-5)12-6(2)11/h3-4H,1-2H3. The molecule has 0 bridgehead atoms. The van der Waals surface area contributed by atoms with E-state index in [-0.39, 0.29) is 5.15 Å². The molecular weight excluding hydrogens is 178 g/mol. The van der Waals surface area contributed by atoms with Crippen LogP contribution in [0, 0.1) is 6.92 Å². The maximum atomic E-state index is 10.5. The minimum Gasteiger partial charge on any atom is -0.423 e. The number of nitrogens with zero attached hydrogens (tertiary/aromatic N) is 1. The van der Waals surface area contributed by atoms with E-state index in [0.717, 1.165) is 5.69 Å². The average Bonchev–Trinajstić information content (AvgIpc) is 1.94. The first-order chi connectivity index (χ1) is 5.59. The normalized spacial score (nSPS) is 9.58. The molecule has 0 aliphatic carbocycles. The molecular formula is C8H8ClNO2. The Kier molecular flexibility index (Phi) is 2.65. The van der Waals surface area contributed by atoms with Crippen molar-refractivity contribution in [3.63, 3.8) is 0 Å². The number of esters is 1. The van der Waals surface area contributed by atoms with Crippen LogP contribution < -0.4 is 4.74 Å². The van der Waals surface area contributed by atoms with E-state index in [4.69, 9.17) is 16.3 Å². The highest BCUT2D eigenvalue weighted by atomic mass is 35.5. The van der Waals surface area contributed by atoms with Gasteiger partial charge in [-0.15, -0.1) is 0 Å². The first-order valence-corrected chi connectivity index (χ1v) is 3.79. The van der Waals surface area contributed by atoms with Crippen molar-refractivity contribution in [1.82, 2.24) is 4.98 Å². The highest BCUT2D eigenvalue weighted by Gasteiger charge is 2.04. The summed E-state index contributed by atoms with van der Waals surface area (Å²) in [5.41, 5.74) is 0.788. The molecule has 0 aliphatic rings. The summed E-state index contributed by atoms with van der Waals surface area (Å²) in [6.07, 6.45) is 0. The largest absolute Gasteiger partial charge is 0.423 e. The number of ether oxygens (including phenoxy) is 1. The zero-order chi connectivity index (χ0) is 9.14. The Morgan fingerprint density at radius 1 is 1.58 bits per heavy atom. The van der Waals surface area contributed by atoms with E-state index in [2.05, 4.69) is 4.98 Å². The fraction of sp³-hybridized carbons (Fsp3) is 0.250. The molecule has 0 saturated carbocycles. The second-order valence-corrected chi connectivity index (χ2v) is 2.69. The van der Waals surface area contributed by atoms with Gasteiger partial charge in [0.05, 0.1) is 0 Å². The van der Waals surface area contributed by atoms with Crippen molar-refractivity contribution in [2.45, 2.75) is 13.8 Å². The van der Waals surface area contributed by atoms with Gasteiger partial charge in [0.2, 0.25) is 0 Å². The van der Waals surface area contributed by atoms with Crippen LogP contribution in [0.2, 0.25) is 5.15 Å². The van der Waals surface area contributed by atoms with Crippen molar-refractivity contribution in [2.24, 2.45) is 0 Å². The molecule has 64 valence electrons. The summed E-state index contributed by atoms with van der Waals surface area (Å²) in [7, 11) is 0. The number of hydrogen-bond acceptors (Lipinski definition) is 3. The molecule has 1 rings (SSSR count). The molecule has 0 fully saturated rings. The summed E-state index contributed by atoms with van der Waals surface area (Å²) in [5, 5.41) is 0.213. The van der Waals surface area contributed by atoms with E-state index in [9.17, 15) is 4.79 Å². The molecule has 0 atom stereocenters. The molecule has 4 heteroatoms. The second kappa shape index (κ2) is 3.54. The fourth-order valence-corrected chi connectivity index (χ4v) is 0.978. The van der Waals surface area contributed by atoms with Crippen LogP contribution in [0.1, 0.15) is 12.6 Å². The third-order valence-corrected chi connectivity index (χ3v) is 1.48. The van der Waals surface area contributed by atoms with Crippen molar-refractivity contribution < 1.29 is 9.53 Å². The SMILES string of the molecule is CC(=O)Oc1ccc(C)nc1Cl. The van der Waals surface area contributed by atoms with Crippen molar-refractivity contribution in [3.8, 4) is 5.75 Å². The van der Waals surface area contributed by atoms with Crippen molar-refractivity contribution >= 4 is 17.6 Å². The summed E-state index contributed by atoms with van der Waals surface area (Å²) < 4.78 is 4.77. The molecule has 3 nitrogen and oxygen atoms in total. The van der Waals surface area contributed by atoms with Gasteiger partial charge in [-0.05, 0) is 19.1 Å². The molecule has 0 N–H and O–H groups in total. The fourth-order valence-electron chi connectivity index (χ4n) is 0.743. The van der Waals surface area contributed by atoms with E-state index in [0.29, 0.717) is 5.75 Å². The van der Waals surface area contributed by atoms with Crippen LogP contribution in [0.25, 0.3) is 0 Å². The molecule has 0 amide bonds. The van der Waals surface area contributed by atoms with Crippen LogP contribution in [0.5, 0.6) is 5.75 Å². The van der Waals surface area contributed by atoms with E-state index in [1.54, 1.807) is 12.1 Å². The topological polar surface area (TPSA) is 39.2 Å². The predicted octanol–water partition coefficient (Wildman–Crippen LogP) is 1.97. The summed E-state index contributed by atoms with van der Waals surface area (Å²) in [5.74, 6) is -0.0997. The molecule has 0 unspecified atom stereocenters. The maximum Gasteiger partial charge on any atom is 0.308 e. The van der Waals surface area contributed by atoms with Crippen molar-refractivity contribution in [3.05, 3.63) is 23.0 Å². The Hall–Kier alpha value is -1.09. The quantitative estimate of drug-likeness (QED) is 0.496. The van der Waals surface area contributed by atoms with E-state index in [1.165, 1.54) is 6.92 Å². The Morgan fingerprint density at radius 2 is 2.25 bits per heavy atom. The lowest BCUT2D eigenvalue weighted by Gasteiger charge is -2.02. The Balaban J connectivity index is 2.93. The molecule has 0 aliphatic heterocycles. The molecule has 0 radical (unpaired) electrons. The molecule has 1 aromatic rings. The third-order valence-electron chi connectivity index (χ3n) is 1.21. The number of hydrogen-bond donors (Lipinski definition) is 0. The zero-order valence-corrected chi connectivity index (χ0v) is 7.55. The molecule has 0 spiro atoms. The first kappa shape index (κ1) is 9.00. The van der Waals surface area contributed by atoms with Crippen LogP contribution >= 0.6 is 11.6 Å². The van der Waals surface area contributed by atoms with Gasteiger partial charge in [-0.2, -0.15) is 0 Å². The first-order valence-electron chi connectivity index (χ1n) is 3.41. The molecule has 0 saturated heterocycles. The van der Waals surface area contributed by atoms with Gasteiger partial charge in [0.25, 0.3) is 0 Å². The van der Waals surface area contributed by atoms with Crippen LogP contribution in [0.3, 0.4) is 0 Å². The number of rotatable bonds is 1. The number of halogens is 1. The van der Waals surface area contributed by atoms with Crippen molar-refractivity contribution in [1.29, 1.82) is 0 Å². The summed E-state index contributed by atoms with van der Waals surface area (Å²) >= 11 is 5.69. The lowest BCUT2D eigenvalue weighted by Crippen LogP contribution is -2.02. The van der Waals surface area contributed by atoms with Gasteiger partial charge < -0.3 is 4.74 Å². The lowest BCUT2D eigenvalue weighted by atomic mass is 10.4. The van der Waals surface area contributed by atoms with Crippen LogP contribution in [-0.2, 0) is 4.79 Å². The Morgan fingerprint density at radius 3 is 2.75 bits per heavy atom. The van der Waals surface area contributed by atoms with Gasteiger partial charge >= 0.3 is 5.97 Å². The van der Waals surface area contributed by atoms with Gasteiger partial charge in [0.1, 0.15) is 0 Å². The summed E-state index contributed by atoms with van der Waals surface area (Å²) in [4.78, 5) is 14.5. The lowest BCUT2D eigenvalue weighted by molar-refractivity contribution is -0.131. The number of pyridine rings is 1. The number of carbonyl (C=O) groups excluding carboxylic acids is 1. The minimum absolute atomic E-state index is 0.213. The zero-order valence-electron chi connectivity index (χ0n) is 6.80. The monoisotopic (exact) mass is 185 g/mol. The Labute approximate surface area is 75.3 Å². The predicted molar refractivity (Wildman–Crippen MR) is 45.3 cm³/mol. The summed E-state index contributed by atoms with van der Waals surface area (Å²) in [6.45, 7) is 3.12. The maximum absolute atomic E-state index is 10.5. The average molecular weight is 186 g/mol.